The number of carbonyl (C=O) groups is 1. The zero-order chi connectivity index (χ0) is 15.5. The van der Waals surface area contributed by atoms with Crippen LogP contribution >= 0.6 is 0 Å². The maximum atomic E-state index is 14.1. The smallest absolute Gasteiger partial charge is 0.223 e. The van der Waals surface area contributed by atoms with Gasteiger partial charge in [-0.15, -0.1) is 0 Å². The third-order valence-corrected chi connectivity index (χ3v) is 3.53. The number of amides is 1. The third-order valence-electron chi connectivity index (χ3n) is 3.53. The van der Waals surface area contributed by atoms with E-state index in [-0.39, 0.29) is 11.7 Å². The van der Waals surface area contributed by atoms with E-state index in [1.807, 2.05) is 36.4 Å². The van der Waals surface area contributed by atoms with Crippen molar-refractivity contribution in [1.29, 1.82) is 0 Å². The fourth-order valence-corrected chi connectivity index (χ4v) is 2.21. The molecule has 3 nitrogen and oxygen atoms in total. The quantitative estimate of drug-likeness (QED) is 0.793. The molecular formula is C18H15FN2O. The van der Waals surface area contributed by atoms with Crippen LogP contribution in [0.5, 0.6) is 0 Å². The van der Waals surface area contributed by atoms with Crippen LogP contribution in [0.1, 0.15) is 18.1 Å². The number of aliphatic imine (C=N–C) groups is 1. The molecule has 0 atom stereocenters. The third kappa shape index (κ3) is 2.96. The van der Waals surface area contributed by atoms with E-state index in [1.165, 1.54) is 13.0 Å². The first kappa shape index (κ1) is 14.2. The fourth-order valence-electron chi connectivity index (χ4n) is 2.21. The number of carbonyl (C=O) groups excluding carboxylic acids is 1. The Morgan fingerprint density at radius 3 is 2.59 bits per heavy atom. The van der Waals surface area contributed by atoms with Gasteiger partial charge in [0.1, 0.15) is 5.82 Å². The minimum absolute atomic E-state index is 0.00620. The van der Waals surface area contributed by atoms with Crippen LogP contribution in [-0.2, 0) is 4.79 Å². The Bertz CT molecular complexity index is 766. The predicted octanol–water partition coefficient (Wildman–Crippen LogP) is 3.78. The van der Waals surface area contributed by atoms with Gasteiger partial charge in [-0.3, -0.25) is 9.79 Å². The first-order chi connectivity index (χ1) is 10.6. The van der Waals surface area contributed by atoms with Gasteiger partial charge in [0.15, 0.2) is 0 Å². The summed E-state index contributed by atoms with van der Waals surface area (Å²) >= 11 is 0. The molecule has 22 heavy (non-hydrogen) atoms. The maximum absolute atomic E-state index is 14.1. The van der Waals surface area contributed by atoms with Crippen molar-refractivity contribution in [2.24, 2.45) is 4.99 Å². The molecule has 0 fully saturated rings. The van der Waals surface area contributed by atoms with Crippen molar-refractivity contribution in [3.63, 3.8) is 0 Å². The molecule has 0 unspecified atom stereocenters. The van der Waals surface area contributed by atoms with Crippen LogP contribution in [0.3, 0.4) is 0 Å². The molecule has 0 aromatic heterocycles. The summed E-state index contributed by atoms with van der Waals surface area (Å²) in [5, 5.41) is 0. The molecule has 110 valence electrons. The Hall–Kier alpha value is -2.75. The Labute approximate surface area is 128 Å². The molecule has 0 aliphatic carbocycles. The molecule has 0 saturated carbocycles. The summed E-state index contributed by atoms with van der Waals surface area (Å²) in [6.07, 6.45) is 3.38. The second kappa shape index (κ2) is 5.93. The Morgan fingerprint density at radius 1 is 1.23 bits per heavy atom. The highest BCUT2D eigenvalue weighted by molar-refractivity contribution is 5.85. The molecule has 0 N–H and O–H groups in total. The van der Waals surface area contributed by atoms with Crippen LogP contribution < -0.4 is 0 Å². The Balaban J connectivity index is 1.78. The molecule has 1 amide bonds. The van der Waals surface area contributed by atoms with E-state index in [1.54, 1.807) is 23.4 Å². The van der Waals surface area contributed by atoms with Crippen molar-refractivity contribution in [2.45, 2.75) is 6.92 Å². The highest BCUT2D eigenvalue weighted by Crippen LogP contribution is 2.28. The zero-order valence-electron chi connectivity index (χ0n) is 12.2. The normalized spacial score (nSPS) is 13.9. The number of nitrogens with zero attached hydrogens (tertiary/aromatic N) is 2. The van der Waals surface area contributed by atoms with Crippen LogP contribution in [0.2, 0.25) is 0 Å². The SMILES string of the molecule is CC(=O)N1C=C(c2ccc(N=Cc3ccccc3)c(F)c2)C1. The van der Waals surface area contributed by atoms with Crippen LogP contribution in [0, 0.1) is 5.82 Å². The number of hydrogen-bond acceptors (Lipinski definition) is 2. The molecule has 2 aromatic carbocycles. The standard InChI is InChI=1S/C18H15FN2O/c1-13(22)21-11-16(12-21)15-7-8-18(17(19)9-15)20-10-14-5-3-2-4-6-14/h2-11H,12H2,1H3. The minimum Gasteiger partial charge on any atom is -0.314 e. The lowest BCUT2D eigenvalue weighted by atomic mass is 10.0. The Kier molecular flexibility index (Phi) is 3.83. The summed E-state index contributed by atoms with van der Waals surface area (Å²) in [5.41, 5.74) is 2.96. The topological polar surface area (TPSA) is 32.7 Å². The van der Waals surface area contributed by atoms with Crippen LogP contribution in [-0.4, -0.2) is 23.6 Å². The first-order valence-electron chi connectivity index (χ1n) is 7.00. The van der Waals surface area contributed by atoms with Crippen LogP contribution in [0.25, 0.3) is 5.57 Å². The lowest BCUT2D eigenvalue weighted by Crippen LogP contribution is -2.32. The van der Waals surface area contributed by atoms with Gasteiger partial charge >= 0.3 is 0 Å². The molecule has 3 rings (SSSR count). The molecule has 0 bridgehead atoms. The van der Waals surface area contributed by atoms with Gasteiger partial charge < -0.3 is 4.90 Å². The van der Waals surface area contributed by atoms with Gasteiger partial charge in [-0.1, -0.05) is 36.4 Å². The summed E-state index contributed by atoms with van der Waals surface area (Å²) in [5.74, 6) is -0.375. The van der Waals surface area contributed by atoms with Crippen LogP contribution in [0.15, 0.2) is 59.7 Å². The monoisotopic (exact) mass is 294 g/mol. The van der Waals surface area contributed by atoms with Crippen molar-refractivity contribution < 1.29 is 9.18 Å². The summed E-state index contributed by atoms with van der Waals surface area (Å²) in [6, 6.07) is 14.5. The zero-order valence-corrected chi connectivity index (χ0v) is 12.2. The molecule has 0 spiro atoms. The lowest BCUT2D eigenvalue weighted by molar-refractivity contribution is -0.126. The van der Waals surface area contributed by atoms with Crippen LogP contribution in [0.4, 0.5) is 10.1 Å². The van der Waals surface area contributed by atoms with Gasteiger partial charge in [0.25, 0.3) is 0 Å². The molecular weight excluding hydrogens is 279 g/mol. The maximum Gasteiger partial charge on any atom is 0.223 e. The van der Waals surface area contributed by atoms with E-state index in [2.05, 4.69) is 4.99 Å². The second-order valence-electron chi connectivity index (χ2n) is 5.14. The fraction of sp³-hybridized carbons (Fsp3) is 0.111. The van der Waals surface area contributed by atoms with Gasteiger partial charge in [-0.05, 0) is 28.8 Å². The molecule has 4 heteroatoms. The predicted molar refractivity (Wildman–Crippen MR) is 85.5 cm³/mol. The first-order valence-corrected chi connectivity index (χ1v) is 7.00. The summed E-state index contributed by atoms with van der Waals surface area (Å²) in [7, 11) is 0. The number of halogens is 1. The van der Waals surface area contributed by atoms with Gasteiger partial charge in [-0.2, -0.15) is 0 Å². The molecule has 1 heterocycles. The van der Waals surface area contributed by atoms with E-state index in [4.69, 9.17) is 0 Å². The van der Waals surface area contributed by atoms with Crippen molar-refractivity contribution in [2.75, 3.05) is 6.54 Å². The number of benzene rings is 2. The largest absolute Gasteiger partial charge is 0.314 e. The van der Waals surface area contributed by atoms with Crippen molar-refractivity contribution in [3.05, 3.63) is 71.7 Å². The molecule has 1 aliphatic rings. The van der Waals surface area contributed by atoms with E-state index in [0.717, 1.165) is 16.7 Å². The van der Waals surface area contributed by atoms with Gasteiger partial charge in [0.2, 0.25) is 5.91 Å². The molecule has 1 aliphatic heterocycles. The molecule has 0 saturated heterocycles. The highest BCUT2D eigenvalue weighted by Gasteiger charge is 2.20. The molecule has 2 aromatic rings. The Morgan fingerprint density at radius 2 is 1.95 bits per heavy atom. The number of hydrogen-bond donors (Lipinski definition) is 0. The second-order valence-corrected chi connectivity index (χ2v) is 5.14. The highest BCUT2D eigenvalue weighted by atomic mass is 19.1. The van der Waals surface area contributed by atoms with E-state index < -0.39 is 0 Å². The van der Waals surface area contributed by atoms with Crippen molar-refractivity contribution >= 4 is 23.4 Å². The average Bonchev–Trinajstić information content (AvgIpc) is 2.45. The van der Waals surface area contributed by atoms with Crippen molar-refractivity contribution in [1.82, 2.24) is 4.90 Å². The van der Waals surface area contributed by atoms with Gasteiger partial charge in [-0.25, -0.2) is 4.39 Å². The van der Waals surface area contributed by atoms with E-state index >= 15 is 0 Å². The van der Waals surface area contributed by atoms with Gasteiger partial charge in [0, 0.05) is 19.3 Å². The number of rotatable bonds is 3. The summed E-state index contributed by atoms with van der Waals surface area (Å²) < 4.78 is 14.1. The molecule has 0 radical (unpaired) electrons. The lowest BCUT2D eigenvalue weighted by Gasteiger charge is -2.28. The average molecular weight is 294 g/mol. The van der Waals surface area contributed by atoms with Crippen molar-refractivity contribution in [3.8, 4) is 0 Å². The summed E-state index contributed by atoms with van der Waals surface area (Å²) in [6.45, 7) is 2.04. The summed E-state index contributed by atoms with van der Waals surface area (Å²) in [4.78, 5) is 16.9. The van der Waals surface area contributed by atoms with E-state index in [9.17, 15) is 9.18 Å². The van der Waals surface area contributed by atoms with E-state index in [0.29, 0.717) is 12.2 Å². The minimum atomic E-state index is -0.369. The van der Waals surface area contributed by atoms with Gasteiger partial charge in [0.05, 0.1) is 12.2 Å².